The highest BCUT2D eigenvalue weighted by molar-refractivity contribution is 5.74. The van der Waals surface area contributed by atoms with Gasteiger partial charge in [0.15, 0.2) is 0 Å². The Bertz CT molecular complexity index is 412. The van der Waals surface area contributed by atoms with Crippen molar-refractivity contribution in [2.75, 3.05) is 0 Å². The third-order valence-corrected chi connectivity index (χ3v) is 3.04. The molecule has 1 amide bonds. The van der Waals surface area contributed by atoms with Crippen LogP contribution in [0.2, 0.25) is 0 Å². The van der Waals surface area contributed by atoms with Crippen molar-refractivity contribution in [1.29, 1.82) is 0 Å². The van der Waals surface area contributed by atoms with Crippen molar-refractivity contribution in [2.24, 2.45) is 5.92 Å². The second kappa shape index (κ2) is 6.77. The van der Waals surface area contributed by atoms with Crippen molar-refractivity contribution >= 4 is 12.1 Å². The summed E-state index contributed by atoms with van der Waals surface area (Å²) >= 11 is 0. The predicted octanol–water partition coefficient (Wildman–Crippen LogP) is 2.19. The molecule has 1 saturated carbocycles. The van der Waals surface area contributed by atoms with E-state index in [9.17, 15) is 9.59 Å². The van der Waals surface area contributed by atoms with E-state index in [1.54, 1.807) is 0 Å². The number of nitrogens with zero attached hydrogens (tertiary/aromatic N) is 1. The summed E-state index contributed by atoms with van der Waals surface area (Å²) in [5, 5.41) is 3.38. The molecule has 1 N–H and O–H groups in total. The van der Waals surface area contributed by atoms with E-state index in [0.29, 0.717) is 12.3 Å². The lowest BCUT2D eigenvalue weighted by molar-refractivity contribution is -0.150. The van der Waals surface area contributed by atoms with Gasteiger partial charge >= 0.3 is 12.1 Å². The third kappa shape index (κ3) is 4.61. The van der Waals surface area contributed by atoms with Crippen LogP contribution in [-0.2, 0) is 9.63 Å². The zero-order chi connectivity index (χ0) is 13.5. The van der Waals surface area contributed by atoms with E-state index < -0.39 is 12.1 Å². The average Bonchev–Trinajstić information content (AvgIpc) is 2.90. The van der Waals surface area contributed by atoms with E-state index in [-0.39, 0.29) is 5.88 Å². The van der Waals surface area contributed by atoms with Gasteiger partial charge in [-0.15, -0.1) is 5.48 Å². The lowest BCUT2D eigenvalue weighted by Crippen LogP contribution is -2.30. The molecule has 1 aliphatic rings. The molecule has 0 saturated heterocycles. The summed E-state index contributed by atoms with van der Waals surface area (Å²) in [6.07, 6.45) is 6.29. The number of hydrogen-bond donors (Lipinski definition) is 1. The molecule has 1 aliphatic carbocycles. The van der Waals surface area contributed by atoms with Crippen LogP contribution >= 0.6 is 0 Å². The number of hydrogen-bond acceptors (Lipinski definition) is 6. The smallest absolute Gasteiger partial charge is 0.386 e. The number of hydroxylamine groups is 1. The van der Waals surface area contributed by atoms with Crippen LogP contribution in [-0.4, -0.2) is 17.2 Å². The van der Waals surface area contributed by atoms with Gasteiger partial charge in [-0.05, 0) is 23.9 Å². The molecule has 0 atom stereocenters. The summed E-state index contributed by atoms with van der Waals surface area (Å²) in [4.78, 5) is 27.3. The van der Waals surface area contributed by atoms with Gasteiger partial charge in [-0.1, -0.05) is 19.3 Å². The first-order valence-corrected chi connectivity index (χ1v) is 6.32. The van der Waals surface area contributed by atoms with Crippen LogP contribution < -0.4 is 10.2 Å². The summed E-state index contributed by atoms with van der Waals surface area (Å²) in [6.45, 7) is 0. The molecule has 1 aromatic rings. The molecule has 1 fully saturated rings. The monoisotopic (exact) mass is 268 g/mol. The molecule has 0 aromatic carbocycles. The number of ether oxygens (including phenoxy) is 1. The van der Waals surface area contributed by atoms with Crippen molar-refractivity contribution in [1.82, 2.24) is 10.6 Å². The summed E-state index contributed by atoms with van der Waals surface area (Å²) in [5.41, 5.74) is 1.92. The summed E-state index contributed by atoms with van der Waals surface area (Å²) < 4.78 is 9.14. The zero-order valence-electron chi connectivity index (χ0n) is 10.5. The molecule has 0 unspecified atom stereocenters. The molecular formula is C12H16N2O5. The molecule has 7 heteroatoms. The van der Waals surface area contributed by atoms with E-state index >= 15 is 0 Å². The van der Waals surface area contributed by atoms with Crippen LogP contribution in [0, 0.1) is 5.92 Å². The SMILES string of the molecule is O=C(CC1CCCCC1)ONC(=O)Oc1ccon1. The molecule has 0 spiro atoms. The van der Waals surface area contributed by atoms with Gasteiger partial charge in [0.1, 0.15) is 6.26 Å². The van der Waals surface area contributed by atoms with Crippen molar-refractivity contribution in [3.05, 3.63) is 12.3 Å². The maximum absolute atomic E-state index is 11.5. The highest BCUT2D eigenvalue weighted by Crippen LogP contribution is 2.26. The minimum absolute atomic E-state index is 0.000768. The molecule has 0 aliphatic heterocycles. The van der Waals surface area contributed by atoms with Gasteiger partial charge in [-0.3, -0.25) is 0 Å². The van der Waals surface area contributed by atoms with Crippen molar-refractivity contribution in [3.63, 3.8) is 0 Å². The normalized spacial score (nSPS) is 15.8. The maximum atomic E-state index is 11.5. The minimum Gasteiger partial charge on any atom is -0.386 e. The van der Waals surface area contributed by atoms with Crippen LogP contribution in [0.4, 0.5) is 4.79 Å². The number of carbonyl (C=O) groups is 2. The molecule has 0 radical (unpaired) electrons. The van der Waals surface area contributed by atoms with Gasteiger partial charge in [-0.2, -0.15) is 0 Å². The number of amides is 1. The molecule has 7 nitrogen and oxygen atoms in total. The number of carbonyl (C=O) groups excluding carboxylic acids is 2. The van der Waals surface area contributed by atoms with Crippen LogP contribution in [0.15, 0.2) is 16.9 Å². The van der Waals surface area contributed by atoms with Crippen LogP contribution in [0.1, 0.15) is 38.5 Å². The molecule has 0 bridgehead atoms. The van der Waals surface area contributed by atoms with E-state index in [4.69, 9.17) is 0 Å². The first-order chi connectivity index (χ1) is 9.24. The Morgan fingerprint density at radius 2 is 2.16 bits per heavy atom. The van der Waals surface area contributed by atoms with Crippen LogP contribution in [0.25, 0.3) is 0 Å². The first kappa shape index (κ1) is 13.4. The van der Waals surface area contributed by atoms with E-state index in [0.717, 1.165) is 25.7 Å². The van der Waals surface area contributed by atoms with Gasteiger partial charge in [0.05, 0.1) is 6.42 Å². The fourth-order valence-corrected chi connectivity index (χ4v) is 2.14. The lowest BCUT2D eigenvalue weighted by Gasteiger charge is -2.20. The highest BCUT2D eigenvalue weighted by Gasteiger charge is 2.19. The predicted molar refractivity (Wildman–Crippen MR) is 62.9 cm³/mol. The number of nitrogens with one attached hydrogen (secondary N) is 1. The Morgan fingerprint density at radius 3 is 2.84 bits per heavy atom. The Morgan fingerprint density at radius 1 is 1.37 bits per heavy atom. The third-order valence-electron chi connectivity index (χ3n) is 3.04. The first-order valence-electron chi connectivity index (χ1n) is 6.32. The molecule has 1 heterocycles. The number of rotatable bonds is 3. The lowest BCUT2D eigenvalue weighted by atomic mass is 9.87. The summed E-state index contributed by atoms with van der Waals surface area (Å²) in [6, 6.07) is 1.36. The van der Waals surface area contributed by atoms with Gasteiger partial charge in [0.2, 0.25) is 0 Å². The van der Waals surface area contributed by atoms with Crippen molar-refractivity contribution < 1.29 is 23.7 Å². The topological polar surface area (TPSA) is 90.7 Å². The standard InChI is InChI=1S/C12H16N2O5/c15-11(8-9-4-2-1-3-5-9)19-14-12(16)18-10-6-7-17-13-10/h6-7,9H,1-5,8H2,(H,14,16). The fraction of sp³-hybridized carbons (Fsp3) is 0.583. The Hall–Kier alpha value is -2.05. The zero-order valence-corrected chi connectivity index (χ0v) is 10.5. The van der Waals surface area contributed by atoms with E-state index in [1.807, 2.05) is 5.48 Å². The Kier molecular flexibility index (Phi) is 4.77. The summed E-state index contributed by atoms with van der Waals surface area (Å²) in [5.74, 6) is -0.0977. The van der Waals surface area contributed by atoms with Gasteiger partial charge in [-0.25, -0.2) is 9.59 Å². The summed E-state index contributed by atoms with van der Waals surface area (Å²) in [7, 11) is 0. The fourth-order valence-electron chi connectivity index (χ4n) is 2.14. The van der Waals surface area contributed by atoms with Gasteiger partial charge < -0.3 is 14.1 Å². The largest absolute Gasteiger partial charge is 0.447 e. The highest BCUT2D eigenvalue weighted by atomic mass is 16.7. The molecule has 1 aromatic heterocycles. The van der Waals surface area contributed by atoms with E-state index in [1.165, 1.54) is 18.8 Å². The maximum Gasteiger partial charge on any atom is 0.447 e. The quantitative estimate of drug-likeness (QED) is 0.845. The van der Waals surface area contributed by atoms with E-state index in [2.05, 4.69) is 19.3 Å². The van der Waals surface area contributed by atoms with Crippen LogP contribution in [0.5, 0.6) is 5.88 Å². The minimum atomic E-state index is -0.911. The molecule has 104 valence electrons. The van der Waals surface area contributed by atoms with Gasteiger partial charge in [0.25, 0.3) is 5.88 Å². The average molecular weight is 268 g/mol. The second-order valence-electron chi connectivity index (χ2n) is 4.51. The Balaban J connectivity index is 1.64. The van der Waals surface area contributed by atoms with Gasteiger partial charge in [0, 0.05) is 6.07 Å². The molecule has 19 heavy (non-hydrogen) atoms. The Labute approximate surface area is 110 Å². The van der Waals surface area contributed by atoms with Crippen LogP contribution in [0.3, 0.4) is 0 Å². The molecular weight excluding hydrogens is 252 g/mol. The second-order valence-corrected chi connectivity index (χ2v) is 4.51. The molecule has 2 rings (SSSR count). The number of aromatic nitrogens is 1. The van der Waals surface area contributed by atoms with Crippen molar-refractivity contribution in [2.45, 2.75) is 38.5 Å². The van der Waals surface area contributed by atoms with Crippen molar-refractivity contribution in [3.8, 4) is 5.88 Å².